The summed E-state index contributed by atoms with van der Waals surface area (Å²) in [4.78, 5) is 38.6. The van der Waals surface area contributed by atoms with Crippen molar-refractivity contribution in [3.63, 3.8) is 0 Å². The Hall–Kier alpha value is -1.97. The average molecular weight is 462 g/mol. The fourth-order valence-corrected chi connectivity index (χ4v) is 7.39. The number of hydrogen-bond donors (Lipinski definition) is 0. The first-order valence-corrected chi connectivity index (χ1v) is 11.8. The van der Waals surface area contributed by atoms with Crippen LogP contribution in [0.25, 0.3) is 0 Å². The van der Waals surface area contributed by atoms with Crippen LogP contribution in [0.5, 0.6) is 0 Å². The van der Waals surface area contributed by atoms with Crippen molar-refractivity contribution in [2.24, 2.45) is 17.3 Å². The lowest BCUT2D eigenvalue weighted by Crippen LogP contribution is -2.60. The number of hydrogen-bond acceptors (Lipinski definition) is 9. The van der Waals surface area contributed by atoms with Crippen molar-refractivity contribution in [1.29, 1.82) is 0 Å². The molecule has 0 aromatic rings. The van der Waals surface area contributed by atoms with Crippen LogP contribution in [0.4, 0.5) is 0 Å². The van der Waals surface area contributed by atoms with Gasteiger partial charge in [0, 0.05) is 12.0 Å². The van der Waals surface area contributed by atoms with E-state index >= 15 is 0 Å². The van der Waals surface area contributed by atoms with E-state index in [1.807, 2.05) is 0 Å². The third kappa shape index (κ3) is 3.26. The molecule has 7 aliphatic rings. The molecule has 3 heterocycles. The van der Waals surface area contributed by atoms with Crippen LogP contribution < -0.4 is 0 Å². The van der Waals surface area contributed by atoms with Crippen molar-refractivity contribution in [1.82, 2.24) is 0 Å². The number of carbonyl (C=O) groups is 3. The number of carbonyl (C=O) groups excluding carboxylic acids is 3. The highest BCUT2D eigenvalue weighted by Crippen LogP contribution is 2.63. The molecule has 0 aromatic heterocycles. The van der Waals surface area contributed by atoms with E-state index in [1.165, 1.54) is 0 Å². The van der Waals surface area contributed by atoms with Crippen molar-refractivity contribution in [2.75, 3.05) is 0 Å². The summed E-state index contributed by atoms with van der Waals surface area (Å²) in [6.07, 6.45) is 0.463. The third-order valence-corrected chi connectivity index (χ3v) is 8.14. The first-order chi connectivity index (χ1) is 15.5. The summed E-state index contributed by atoms with van der Waals surface area (Å²) >= 11 is 0. The fourth-order valence-electron chi connectivity index (χ4n) is 7.39. The summed E-state index contributed by atoms with van der Waals surface area (Å²) in [6, 6.07) is 0. The largest absolute Gasteiger partial charge is 0.456 e. The Morgan fingerprint density at radius 2 is 1.73 bits per heavy atom. The van der Waals surface area contributed by atoms with E-state index in [-0.39, 0.29) is 11.8 Å². The van der Waals surface area contributed by atoms with E-state index in [0.717, 1.165) is 19.3 Å². The topological polar surface area (TPSA) is 107 Å². The molecular formula is C24H30O9. The molecule has 0 aromatic carbocycles. The van der Waals surface area contributed by atoms with Gasteiger partial charge in [-0.2, -0.15) is 0 Å². The zero-order valence-corrected chi connectivity index (χ0v) is 19.2. The van der Waals surface area contributed by atoms with Crippen LogP contribution in [-0.2, 0) is 42.8 Å². The van der Waals surface area contributed by atoms with Gasteiger partial charge in [0.2, 0.25) is 6.10 Å². The minimum absolute atomic E-state index is 0.283. The number of fused-ring (bicyclic) bond motifs is 3. The van der Waals surface area contributed by atoms with Gasteiger partial charge in [-0.05, 0) is 64.7 Å². The van der Waals surface area contributed by atoms with Gasteiger partial charge in [-0.15, -0.1) is 0 Å². The summed E-state index contributed by atoms with van der Waals surface area (Å²) in [7, 11) is 0. The van der Waals surface area contributed by atoms with Crippen LogP contribution in [0.3, 0.4) is 0 Å². The predicted octanol–water partition coefficient (Wildman–Crippen LogP) is 2.16. The van der Waals surface area contributed by atoms with Gasteiger partial charge in [-0.3, -0.25) is 4.79 Å². The second kappa shape index (κ2) is 6.79. The first-order valence-electron chi connectivity index (χ1n) is 11.8. The Balaban J connectivity index is 1.20. The molecule has 7 unspecified atom stereocenters. The molecule has 4 aliphatic carbocycles. The normalized spacial score (nSPS) is 48.2. The molecule has 0 N–H and O–H groups in total. The zero-order valence-electron chi connectivity index (χ0n) is 19.2. The molecule has 7 fully saturated rings. The second-order valence-corrected chi connectivity index (χ2v) is 11.4. The standard InChI is InChI=1S/C24H30O9/c1-11(2)18(25)32-24-8-12-5-13(9-24)7-23(6-12,10-24)21(27)30-16-14-15(28-19(16)26)17-20(29-14)33-22(3,4)31-17/h12-17,20H,1,5-10H2,2-4H3. The molecule has 3 aliphatic heterocycles. The Morgan fingerprint density at radius 3 is 2.39 bits per heavy atom. The van der Waals surface area contributed by atoms with Gasteiger partial charge in [0.05, 0.1) is 5.41 Å². The SMILES string of the molecule is C=C(C)C(=O)OC12CC3CC(C1)CC(C(=O)OC1C(=O)OC4C5OC(C)(C)OC5OC14)(C3)C2. The number of ether oxygens (including phenoxy) is 6. The van der Waals surface area contributed by atoms with Crippen LogP contribution >= 0.6 is 0 Å². The summed E-state index contributed by atoms with van der Waals surface area (Å²) in [5.74, 6) is -1.75. The third-order valence-electron chi connectivity index (χ3n) is 8.14. The second-order valence-electron chi connectivity index (χ2n) is 11.4. The van der Waals surface area contributed by atoms with Crippen LogP contribution in [-0.4, -0.2) is 60.0 Å². The summed E-state index contributed by atoms with van der Waals surface area (Å²) in [5, 5.41) is 0. The Kier molecular flexibility index (Phi) is 4.44. The highest BCUT2D eigenvalue weighted by atomic mass is 16.9. The quantitative estimate of drug-likeness (QED) is 0.353. The first kappa shape index (κ1) is 21.6. The molecule has 0 amide bonds. The smallest absolute Gasteiger partial charge is 0.350 e. The Labute approximate surface area is 192 Å². The highest BCUT2D eigenvalue weighted by molar-refractivity contribution is 5.88. The minimum atomic E-state index is -1.16. The lowest BCUT2D eigenvalue weighted by Gasteiger charge is -2.59. The van der Waals surface area contributed by atoms with Gasteiger partial charge in [0.1, 0.15) is 11.7 Å². The molecule has 7 atom stereocenters. The van der Waals surface area contributed by atoms with Gasteiger partial charge in [-0.1, -0.05) is 6.58 Å². The summed E-state index contributed by atoms with van der Waals surface area (Å²) in [6.45, 7) is 8.85. The lowest BCUT2D eigenvalue weighted by atomic mass is 9.48. The van der Waals surface area contributed by atoms with Crippen molar-refractivity contribution in [3.8, 4) is 0 Å². The molecule has 4 saturated carbocycles. The van der Waals surface area contributed by atoms with E-state index in [4.69, 9.17) is 28.4 Å². The van der Waals surface area contributed by atoms with Crippen LogP contribution in [0.15, 0.2) is 12.2 Å². The Morgan fingerprint density at radius 1 is 1.03 bits per heavy atom. The van der Waals surface area contributed by atoms with Crippen LogP contribution in [0, 0.1) is 17.3 Å². The predicted molar refractivity (Wildman–Crippen MR) is 109 cm³/mol. The van der Waals surface area contributed by atoms with Crippen molar-refractivity contribution < 1.29 is 42.8 Å². The van der Waals surface area contributed by atoms with E-state index in [9.17, 15) is 14.4 Å². The molecule has 0 spiro atoms. The minimum Gasteiger partial charge on any atom is -0.456 e. The van der Waals surface area contributed by atoms with Crippen molar-refractivity contribution >= 4 is 17.9 Å². The van der Waals surface area contributed by atoms with Gasteiger partial charge in [-0.25, -0.2) is 9.59 Å². The van der Waals surface area contributed by atoms with E-state index in [2.05, 4.69) is 6.58 Å². The molecular weight excluding hydrogens is 432 g/mol. The van der Waals surface area contributed by atoms with E-state index < -0.39 is 65.4 Å². The molecule has 9 nitrogen and oxygen atoms in total. The molecule has 33 heavy (non-hydrogen) atoms. The van der Waals surface area contributed by atoms with Crippen LogP contribution in [0.2, 0.25) is 0 Å². The monoisotopic (exact) mass is 462 g/mol. The zero-order chi connectivity index (χ0) is 23.3. The van der Waals surface area contributed by atoms with Crippen molar-refractivity contribution in [3.05, 3.63) is 12.2 Å². The molecule has 4 bridgehead atoms. The van der Waals surface area contributed by atoms with Gasteiger partial charge < -0.3 is 28.4 Å². The molecule has 0 radical (unpaired) electrons. The fraction of sp³-hybridized carbons (Fsp3) is 0.792. The average Bonchev–Trinajstić information content (AvgIpc) is 3.27. The van der Waals surface area contributed by atoms with Gasteiger partial charge in [0.15, 0.2) is 24.3 Å². The van der Waals surface area contributed by atoms with Gasteiger partial charge >= 0.3 is 17.9 Å². The maximum atomic E-state index is 13.6. The van der Waals surface area contributed by atoms with E-state index in [0.29, 0.717) is 24.8 Å². The maximum absolute atomic E-state index is 13.6. The molecule has 180 valence electrons. The summed E-state index contributed by atoms with van der Waals surface area (Å²) < 4.78 is 34.7. The number of esters is 3. The summed E-state index contributed by atoms with van der Waals surface area (Å²) in [5.41, 5.74) is -1.11. The molecule has 3 saturated heterocycles. The molecule has 9 heteroatoms. The van der Waals surface area contributed by atoms with E-state index in [1.54, 1.807) is 20.8 Å². The van der Waals surface area contributed by atoms with Crippen molar-refractivity contribution in [2.45, 2.75) is 101 Å². The van der Waals surface area contributed by atoms with Crippen LogP contribution in [0.1, 0.15) is 59.3 Å². The number of rotatable bonds is 4. The highest BCUT2D eigenvalue weighted by Gasteiger charge is 2.67. The Bertz CT molecular complexity index is 924. The van der Waals surface area contributed by atoms with Gasteiger partial charge in [0.25, 0.3) is 0 Å². The molecule has 7 rings (SSSR count). The maximum Gasteiger partial charge on any atom is 0.350 e. The lowest BCUT2D eigenvalue weighted by molar-refractivity contribution is -0.225.